The summed E-state index contributed by atoms with van der Waals surface area (Å²) in [6.45, 7) is 4.28. The van der Waals surface area contributed by atoms with E-state index in [1.165, 1.54) is 11.1 Å². The average Bonchev–Trinajstić information content (AvgIpc) is 3.20. The van der Waals surface area contributed by atoms with Crippen LogP contribution in [0.5, 0.6) is 0 Å². The van der Waals surface area contributed by atoms with E-state index in [1.807, 2.05) is 31.2 Å². The van der Waals surface area contributed by atoms with Crippen LogP contribution in [-0.2, 0) is 4.79 Å². The number of carbonyl (C=O) groups is 2. The largest absolute Gasteiger partial charge is 0.349 e. The normalized spacial score (nSPS) is 15.2. The molecule has 1 fully saturated rings. The highest BCUT2D eigenvalue weighted by molar-refractivity contribution is 6.04. The summed E-state index contributed by atoms with van der Waals surface area (Å²) in [7, 11) is 0. The van der Waals surface area contributed by atoms with Crippen LogP contribution >= 0.6 is 0 Å². The number of rotatable bonds is 7. The van der Waals surface area contributed by atoms with Crippen molar-refractivity contribution in [1.82, 2.24) is 10.6 Å². The number of carbonyl (C=O) groups excluding carboxylic acids is 2. The van der Waals surface area contributed by atoms with Crippen LogP contribution in [0.15, 0.2) is 48.5 Å². The molecule has 0 bridgehead atoms. The molecule has 2 aromatic rings. The molecule has 1 atom stereocenters. The lowest BCUT2D eigenvalue weighted by atomic mass is 10.0. The van der Waals surface area contributed by atoms with Gasteiger partial charge in [0.05, 0.1) is 17.8 Å². The maximum absolute atomic E-state index is 12.6. The van der Waals surface area contributed by atoms with Gasteiger partial charge in [-0.2, -0.15) is 0 Å². The minimum Gasteiger partial charge on any atom is -0.349 e. The van der Waals surface area contributed by atoms with Gasteiger partial charge in [0.15, 0.2) is 0 Å². The van der Waals surface area contributed by atoms with Gasteiger partial charge >= 0.3 is 0 Å². The molecule has 3 rings (SSSR count). The van der Waals surface area contributed by atoms with Crippen LogP contribution < -0.4 is 16.0 Å². The van der Waals surface area contributed by atoms with Gasteiger partial charge in [0.25, 0.3) is 5.91 Å². The molecular weight excluding hydrogens is 350 g/mol. The number of aryl methyl sites for hydroxylation is 1. The number of para-hydroxylation sites is 1. The lowest BCUT2D eigenvalue weighted by Gasteiger charge is -2.17. The molecule has 0 radical (unpaired) electrons. The van der Waals surface area contributed by atoms with Gasteiger partial charge in [0, 0.05) is 12.1 Å². The molecule has 0 spiro atoms. The first-order valence-electron chi connectivity index (χ1n) is 10.0. The summed E-state index contributed by atoms with van der Waals surface area (Å²) in [4.78, 5) is 25.1. The first-order valence-corrected chi connectivity index (χ1v) is 10.0. The number of nitrogens with one attached hydrogen (secondary N) is 3. The predicted octanol–water partition coefficient (Wildman–Crippen LogP) is 3.96. The Bertz CT molecular complexity index is 828. The molecule has 0 saturated heterocycles. The van der Waals surface area contributed by atoms with E-state index in [9.17, 15) is 9.59 Å². The van der Waals surface area contributed by atoms with Crippen molar-refractivity contribution in [2.75, 3.05) is 11.9 Å². The van der Waals surface area contributed by atoms with E-state index in [-0.39, 0.29) is 30.4 Å². The van der Waals surface area contributed by atoms with Crippen molar-refractivity contribution < 1.29 is 9.59 Å². The van der Waals surface area contributed by atoms with E-state index in [2.05, 4.69) is 35.0 Å². The van der Waals surface area contributed by atoms with E-state index in [0.29, 0.717) is 11.3 Å². The Hall–Kier alpha value is -2.66. The molecule has 0 heterocycles. The molecule has 2 aromatic carbocycles. The van der Waals surface area contributed by atoms with Gasteiger partial charge in [0.2, 0.25) is 5.91 Å². The zero-order chi connectivity index (χ0) is 19.9. The number of benzene rings is 2. The van der Waals surface area contributed by atoms with Gasteiger partial charge < -0.3 is 16.0 Å². The Morgan fingerprint density at radius 2 is 1.71 bits per heavy atom. The minimum absolute atomic E-state index is 0.0628. The van der Waals surface area contributed by atoms with Crippen molar-refractivity contribution in [2.45, 2.75) is 51.6 Å². The fraction of sp³-hybridized carbons (Fsp3) is 0.391. The molecule has 5 nitrogen and oxygen atoms in total. The molecule has 0 aromatic heterocycles. The second kappa shape index (κ2) is 9.51. The van der Waals surface area contributed by atoms with Crippen molar-refractivity contribution in [2.24, 2.45) is 0 Å². The fourth-order valence-corrected chi connectivity index (χ4v) is 3.75. The third kappa shape index (κ3) is 5.20. The van der Waals surface area contributed by atoms with E-state index in [1.54, 1.807) is 12.1 Å². The van der Waals surface area contributed by atoms with Crippen molar-refractivity contribution >= 4 is 17.5 Å². The topological polar surface area (TPSA) is 70.2 Å². The molecular formula is C23H29N3O2. The van der Waals surface area contributed by atoms with Gasteiger partial charge in [-0.3, -0.25) is 9.59 Å². The third-order valence-corrected chi connectivity index (χ3v) is 5.36. The maximum atomic E-state index is 12.6. The molecule has 28 heavy (non-hydrogen) atoms. The molecule has 1 aliphatic rings. The highest BCUT2D eigenvalue weighted by Crippen LogP contribution is 2.20. The van der Waals surface area contributed by atoms with Crippen molar-refractivity contribution in [1.29, 1.82) is 0 Å². The maximum Gasteiger partial charge on any atom is 0.253 e. The molecule has 0 unspecified atom stereocenters. The Kier molecular flexibility index (Phi) is 6.82. The van der Waals surface area contributed by atoms with Gasteiger partial charge in [-0.25, -0.2) is 0 Å². The second-order valence-electron chi connectivity index (χ2n) is 7.51. The van der Waals surface area contributed by atoms with E-state index in [4.69, 9.17) is 0 Å². The summed E-state index contributed by atoms with van der Waals surface area (Å²) in [5.74, 6) is -0.286. The lowest BCUT2D eigenvalue weighted by Crippen LogP contribution is -2.34. The Balaban J connectivity index is 1.58. The van der Waals surface area contributed by atoms with Crippen molar-refractivity contribution in [3.8, 4) is 0 Å². The molecule has 1 aliphatic carbocycles. The molecule has 0 aliphatic heterocycles. The average molecular weight is 380 g/mol. The van der Waals surface area contributed by atoms with Gasteiger partial charge in [-0.05, 0) is 49.9 Å². The molecule has 2 amide bonds. The van der Waals surface area contributed by atoms with Crippen LogP contribution in [0.2, 0.25) is 0 Å². The molecule has 5 heteroatoms. The van der Waals surface area contributed by atoms with Gasteiger partial charge in [0.1, 0.15) is 0 Å². The number of hydrogen-bond acceptors (Lipinski definition) is 3. The molecule has 148 valence electrons. The Labute approximate surface area is 166 Å². The van der Waals surface area contributed by atoms with Gasteiger partial charge in [-0.1, -0.05) is 49.2 Å². The SMILES string of the molecule is Cc1ccccc1[C@@H](C)NCC(=O)Nc1ccccc1C(=O)NC1CCCC1. The van der Waals surface area contributed by atoms with Crippen LogP contribution in [0.25, 0.3) is 0 Å². The van der Waals surface area contributed by atoms with E-state index >= 15 is 0 Å². The highest BCUT2D eigenvalue weighted by atomic mass is 16.2. The summed E-state index contributed by atoms with van der Waals surface area (Å²) in [6, 6.07) is 15.6. The minimum atomic E-state index is -0.165. The Morgan fingerprint density at radius 1 is 1.04 bits per heavy atom. The summed E-state index contributed by atoms with van der Waals surface area (Å²) < 4.78 is 0. The van der Waals surface area contributed by atoms with Crippen molar-refractivity contribution in [3.05, 3.63) is 65.2 Å². The Morgan fingerprint density at radius 3 is 2.46 bits per heavy atom. The van der Waals surface area contributed by atoms with E-state index in [0.717, 1.165) is 25.7 Å². The predicted molar refractivity (Wildman–Crippen MR) is 112 cm³/mol. The van der Waals surface area contributed by atoms with Crippen molar-refractivity contribution in [3.63, 3.8) is 0 Å². The first-order chi connectivity index (χ1) is 13.5. The zero-order valence-electron chi connectivity index (χ0n) is 16.6. The lowest BCUT2D eigenvalue weighted by molar-refractivity contribution is -0.115. The first kappa shape index (κ1) is 20.1. The quantitative estimate of drug-likeness (QED) is 0.682. The smallest absolute Gasteiger partial charge is 0.253 e. The molecule has 1 saturated carbocycles. The van der Waals surface area contributed by atoms with Crippen LogP contribution in [0.1, 0.15) is 60.1 Å². The fourth-order valence-electron chi connectivity index (χ4n) is 3.75. The molecule has 3 N–H and O–H groups in total. The number of amides is 2. The van der Waals surface area contributed by atoms with Crippen LogP contribution in [-0.4, -0.2) is 24.4 Å². The van der Waals surface area contributed by atoms with Crippen LogP contribution in [0.4, 0.5) is 5.69 Å². The summed E-state index contributed by atoms with van der Waals surface area (Å²) >= 11 is 0. The van der Waals surface area contributed by atoms with Gasteiger partial charge in [-0.15, -0.1) is 0 Å². The monoisotopic (exact) mass is 379 g/mol. The summed E-state index contributed by atoms with van der Waals surface area (Å²) in [5.41, 5.74) is 3.42. The second-order valence-corrected chi connectivity index (χ2v) is 7.51. The zero-order valence-corrected chi connectivity index (χ0v) is 16.6. The van der Waals surface area contributed by atoms with E-state index < -0.39 is 0 Å². The van der Waals surface area contributed by atoms with Crippen LogP contribution in [0, 0.1) is 6.92 Å². The number of hydrogen-bond donors (Lipinski definition) is 3. The number of anilines is 1. The third-order valence-electron chi connectivity index (χ3n) is 5.36. The standard InChI is InChI=1S/C23H29N3O2/c1-16-9-3-6-12-19(16)17(2)24-15-22(27)26-21-14-8-7-13-20(21)23(28)25-18-10-4-5-11-18/h3,6-9,12-14,17-18,24H,4-5,10-11,15H2,1-2H3,(H,25,28)(H,26,27)/t17-/m1/s1. The highest BCUT2D eigenvalue weighted by Gasteiger charge is 2.20. The summed E-state index contributed by atoms with van der Waals surface area (Å²) in [5, 5.41) is 9.21. The summed E-state index contributed by atoms with van der Waals surface area (Å²) in [6.07, 6.45) is 4.38. The van der Waals surface area contributed by atoms with Crippen LogP contribution in [0.3, 0.4) is 0 Å².